The molecular weight excluding hydrogens is 316 g/mol. The summed E-state index contributed by atoms with van der Waals surface area (Å²) in [7, 11) is 0. The lowest BCUT2D eigenvalue weighted by Crippen LogP contribution is -2.54. The Morgan fingerprint density at radius 2 is 1.87 bits per heavy atom. The molecule has 5 nitrogen and oxygen atoms in total. The van der Waals surface area contributed by atoms with Crippen molar-refractivity contribution in [3.63, 3.8) is 0 Å². The maximum absolute atomic E-state index is 12.5. The second-order valence-corrected chi connectivity index (χ2v) is 6.49. The number of carbonyl (C=O) groups excluding carboxylic acids is 2. The van der Waals surface area contributed by atoms with Crippen LogP contribution in [0.1, 0.15) is 23.2 Å². The van der Waals surface area contributed by atoms with E-state index in [2.05, 4.69) is 5.32 Å². The molecule has 2 heterocycles. The van der Waals surface area contributed by atoms with Crippen molar-refractivity contribution in [2.45, 2.75) is 18.9 Å². The zero-order chi connectivity index (χ0) is 16.2. The number of benzene rings is 1. The highest BCUT2D eigenvalue weighted by atomic mass is 35.5. The summed E-state index contributed by atoms with van der Waals surface area (Å²) in [6.07, 6.45) is 1.42. The van der Waals surface area contributed by atoms with Gasteiger partial charge in [0.25, 0.3) is 0 Å². The molecule has 0 aromatic heterocycles. The van der Waals surface area contributed by atoms with Crippen LogP contribution in [-0.4, -0.2) is 55.5 Å². The minimum Gasteiger partial charge on any atom is -0.378 e. The number of nitrogens with one attached hydrogen (secondary N) is 1. The molecule has 1 unspecified atom stereocenters. The van der Waals surface area contributed by atoms with E-state index in [0.29, 0.717) is 56.3 Å². The number of carbonyl (C=O) groups is 2. The van der Waals surface area contributed by atoms with Crippen LogP contribution in [0.25, 0.3) is 0 Å². The van der Waals surface area contributed by atoms with Gasteiger partial charge in [-0.05, 0) is 37.1 Å². The zero-order valence-electron chi connectivity index (χ0n) is 13.0. The number of amides is 1. The number of ketones is 1. The van der Waals surface area contributed by atoms with Gasteiger partial charge in [-0.3, -0.25) is 9.59 Å². The lowest BCUT2D eigenvalue weighted by atomic mass is 9.88. The third-order valence-corrected chi connectivity index (χ3v) is 4.78. The Kier molecular flexibility index (Phi) is 5.30. The van der Waals surface area contributed by atoms with Gasteiger partial charge in [0, 0.05) is 36.1 Å². The summed E-state index contributed by atoms with van der Waals surface area (Å²) in [5.41, 5.74) is 0.696. The Bertz CT molecular complexity index is 562. The second-order valence-electron chi connectivity index (χ2n) is 6.05. The Labute approximate surface area is 140 Å². The minimum absolute atomic E-state index is 0.0178. The molecule has 6 heteroatoms. The molecule has 1 atom stereocenters. The molecule has 2 aliphatic rings. The summed E-state index contributed by atoms with van der Waals surface area (Å²) in [6, 6.07) is 6.77. The van der Waals surface area contributed by atoms with Crippen molar-refractivity contribution >= 4 is 23.3 Å². The molecule has 2 fully saturated rings. The predicted octanol–water partition coefficient (Wildman–Crippen LogP) is 1.75. The Hall–Kier alpha value is -1.43. The Morgan fingerprint density at radius 1 is 1.17 bits per heavy atom. The van der Waals surface area contributed by atoms with Gasteiger partial charge < -0.3 is 15.0 Å². The third kappa shape index (κ3) is 3.91. The zero-order valence-corrected chi connectivity index (χ0v) is 13.7. The lowest BCUT2D eigenvalue weighted by Gasteiger charge is -2.35. The maximum Gasteiger partial charge on any atom is 0.242 e. The Balaban J connectivity index is 1.54. The first-order valence-corrected chi connectivity index (χ1v) is 8.42. The Morgan fingerprint density at radius 3 is 2.48 bits per heavy atom. The van der Waals surface area contributed by atoms with Crippen molar-refractivity contribution in [2.24, 2.45) is 5.92 Å². The molecule has 1 N–H and O–H groups in total. The maximum atomic E-state index is 12.5. The van der Waals surface area contributed by atoms with Crippen molar-refractivity contribution in [1.29, 1.82) is 0 Å². The molecule has 2 saturated heterocycles. The monoisotopic (exact) mass is 336 g/mol. The van der Waals surface area contributed by atoms with Gasteiger partial charge in [0.05, 0.1) is 13.2 Å². The number of morpholine rings is 1. The largest absolute Gasteiger partial charge is 0.378 e. The van der Waals surface area contributed by atoms with Crippen LogP contribution in [0.15, 0.2) is 24.3 Å². The molecule has 1 aromatic carbocycles. The molecule has 0 radical (unpaired) electrons. The second kappa shape index (κ2) is 7.43. The number of piperidine rings is 1. The number of hydrogen-bond donors (Lipinski definition) is 1. The quantitative estimate of drug-likeness (QED) is 0.854. The molecule has 1 aromatic rings. The predicted molar refractivity (Wildman–Crippen MR) is 87.7 cm³/mol. The number of ether oxygens (including phenoxy) is 1. The smallest absolute Gasteiger partial charge is 0.242 e. The van der Waals surface area contributed by atoms with E-state index >= 15 is 0 Å². The topological polar surface area (TPSA) is 58.6 Å². The van der Waals surface area contributed by atoms with Crippen LogP contribution in [0, 0.1) is 5.92 Å². The van der Waals surface area contributed by atoms with Gasteiger partial charge in [-0.15, -0.1) is 0 Å². The van der Waals surface area contributed by atoms with Crippen molar-refractivity contribution < 1.29 is 14.3 Å². The molecule has 0 saturated carbocycles. The number of halogens is 1. The molecule has 2 aliphatic heterocycles. The summed E-state index contributed by atoms with van der Waals surface area (Å²) in [5.74, 6) is 0.214. The van der Waals surface area contributed by atoms with Crippen molar-refractivity contribution in [3.8, 4) is 0 Å². The summed E-state index contributed by atoms with van der Waals surface area (Å²) in [6.45, 7) is 3.05. The molecule has 23 heavy (non-hydrogen) atoms. The van der Waals surface area contributed by atoms with Crippen molar-refractivity contribution in [2.75, 3.05) is 32.8 Å². The fourth-order valence-corrected chi connectivity index (χ4v) is 3.28. The fraction of sp³-hybridized carbons (Fsp3) is 0.529. The van der Waals surface area contributed by atoms with E-state index in [9.17, 15) is 9.59 Å². The first kappa shape index (κ1) is 16.4. The SMILES string of the molecule is O=C(c1ccc(Cl)cc1)C1CCN(C(=O)C2COCCN2)CC1. The average Bonchev–Trinajstić information content (AvgIpc) is 2.62. The van der Waals surface area contributed by atoms with Crippen LogP contribution in [0.5, 0.6) is 0 Å². The van der Waals surface area contributed by atoms with Gasteiger partial charge in [-0.25, -0.2) is 0 Å². The molecule has 0 aliphatic carbocycles. The minimum atomic E-state index is -0.243. The molecule has 0 spiro atoms. The van der Waals surface area contributed by atoms with Crippen LogP contribution >= 0.6 is 11.6 Å². The first-order valence-electron chi connectivity index (χ1n) is 8.05. The van der Waals surface area contributed by atoms with E-state index in [0.717, 1.165) is 0 Å². The number of likely N-dealkylation sites (tertiary alicyclic amines) is 1. The number of hydrogen-bond acceptors (Lipinski definition) is 4. The lowest BCUT2D eigenvalue weighted by molar-refractivity contribution is -0.137. The summed E-state index contributed by atoms with van der Waals surface area (Å²) in [5, 5.41) is 3.81. The fourth-order valence-electron chi connectivity index (χ4n) is 3.16. The van der Waals surface area contributed by atoms with Gasteiger partial charge in [0.1, 0.15) is 6.04 Å². The van der Waals surface area contributed by atoms with Crippen LogP contribution < -0.4 is 5.32 Å². The van der Waals surface area contributed by atoms with E-state index in [4.69, 9.17) is 16.3 Å². The third-order valence-electron chi connectivity index (χ3n) is 4.53. The summed E-state index contributed by atoms with van der Waals surface area (Å²) < 4.78 is 5.35. The highest BCUT2D eigenvalue weighted by Crippen LogP contribution is 2.23. The highest BCUT2D eigenvalue weighted by Gasteiger charge is 2.31. The summed E-state index contributed by atoms with van der Waals surface area (Å²) in [4.78, 5) is 26.8. The summed E-state index contributed by atoms with van der Waals surface area (Å²) >= 11 is 5.86. The van der Waals surface area contributed by atoms with E-state index in [1.807, 2.05) is 4.90 Å². The molecular formula is C17H21ClN2O3. The first-order chi connectivity index (χ1) is 11.1. The molecule has 0 bridgehead atoms. The molecule has 3 rings (SSSR count). The van der Waals surface area contributed by atoms with E-state index < -0.39 is 0 Å². The average molecular weight is 337 g/mol. The van der Waals surface area contributed by atoms with Gasteiger partial charge >= 0.3 is 0 Å². The van der Waals surface area contributed by atoms with Crippen LogP contribution in [0.3, 0.4) is 0 Å². The normalized spacial score (nSPS) is 22.8. The van der Waals surface area contributed by atoms with Gasteiger partial charge in [-0.2, -0.15) is 0 Å². The van der Waals surface area contributed by atoms with Crippen molar-refractivity contribution in [1.82, 2.24) is 10.2 Å². The number of rotatable bonds is 3. The molecule has 124 valence electrons. The standard InChI is InChI=1S/C17H21ClN2O3/c18-14-3-1-12(2-4-14)16(21)13-5-8-20(9-6-13)17(22)15-11-23-10-7-19-15/h1-4,13,15,19H,5-11H2. The van der Waals surface area contributed by atoms with Crippen LogP contribution in [0.2, 0.25) is 5.02 Å². The number of nitrogens with zero attached hydrogens (tertiary/aromatic N) is 1. The van der Waals surface area contributed by atoms with E-state index in [-0.39, 0.29) is 23.7 Å². The van der Waals surface area contributed by atoms with Gasteiger partial charge in [0.2, 0.25) is 5.91 Å². The van der Waals surface area contributed by atoms with Crippen molar-refractivity contribution in [3.05, 3.63) is 34.9 Å². The highest BCUT2D eigenvalue weighted by molar-refractivity contribution is 6.30. The molecule has 1 amide bonds. The van der Waals surface area contributed by atoms with Gasteiger partial charge in [0.15, 0.2) is 5.78 Å². The van der Waals surface area contributed by atoms with Gasteiger partial charge in [-0.1, -0.05) is 11.6 Å². The number of Topliss-reactive ketones (excluding diaryl/α,β-unsaturated/α-hetero) is 1. The van der Waals surface area contributed by atoms with Crippen LogP contribution in [0.4, 0.5) is 0 Å². The van der Waals surface area contributed by atoms with E-state index in [1.165, 1.54) is 0 Å². The van der Waals surface area contributed by atoms with E-state index in [1.54, 1.807) is 24.3 Å². The van der Waals surface area contributed by atoms with Crippen LogP contribution in [-0.2, 0) is 9.53 Å².